The number of hydrazone groups is 1. The number of carbonyl (C=O) groups excluding carboxylic acids is 1. The summed E-state index contributed by atoms with van der Waals surface area (Å²) in [5.74, 6) is 0.545. The van der Waals surface area contributed by atoms with E-state index in [1.165, 1.54) is 24.2 Å². The van der Waals surface area contributed by atoms with Crippen molar-refractivity contribution in [1.82, 2.24) is 10.4 Å². The van der Waals surface area contributed by atoms with Gasteiger partial charge in [0.1, 0.15) is 10.6 Å². The SMILES string of the molecule is CCCCCOc1ccc(/C=N/NC(=O)c2sc(N)nc2CC)cc1. The number of aromatic nitrogens is 1. The number of aryl methyl sites for hydroxylation is 1. The predicted molar refractivity (Wildman–Crippen MR) is 102 cm³/mol. The maximum absolute atomic E-state index is 12.1. The number of rotatable bonds is 9. The molecule has 0 aliphatic rings. The summed E-state index contributed by atoms with van der Waals surface area (Å²) in [5, 5.41) is 4.38. The van der Waals surface area contributed by atoms with Crippen molar-refractivity contribution in [3.63, 3.8) is 0 Å². The van der Waals surface area contributed by atoms with Gasteiger partial charge in [-0.25, -0.2) is 10.4 Å². The van der Waals surface area contributed by atoms with Gasteiger partial charge in [0.2, 0.25) is 0 Å². The van der Waals surface area contributed by atoms with Gasteiger partial charge in [0.25, 0.3) is 5.91 Å². The van der Waals surface area contributed by atoms with Crippen LogP contribution >= 0.6 is 11.3 Å². The monoisotopic (exact) mass is 360 g/mol. The molecule has 0 saturated carbocycles. The van der Waals surface area contributed by atoms with Gasteiger partial charge in [-0.15, -0.1) is 0 Å². The lowest BCUT2D eigenvalue weighted by atomic mass is 10.2. The molecule has 0 aliphatic heterocycles. The van der Waals surface area contributed by atoms with Crippen molar-refractivity contribution < 1.29 is 9.53 Å². The minimum Gasteiger partial charge on any atom is -0.494 e. The lowest BCUT2D eigenvalue weighted by Gasteiger charge is -2.05. The van der Waals surface area contributed by atoms with Crippen LogP contribution < -0.4 is 15.9 Å². The van der Waals surface area contributed by atoms with Crippen molar-refractivity contribution in [2.24, 2.45) is 5.10 Å². The van der Waals surface area contributed by atoms with Crippen LogP contribution in [0.15, 0.2) is 29.4 Å². The molecule has 7 heteroatoms. The first-order valence-corrected chi connectivity index (χ1v) is 9.27. The van der Waals surface area contributed by atoms with E-state index in [9.17, 15) is 4.79 Å². The Kier molecular flexibility index (Phi) is 7.40. The number of hydrogen-bond donors (Lipinski definition) is 2. The van der Waals surface area contributed by atoms with E-state index in [-0.39, 0.29) is 5.91 Å². The lowest BCUT2D eigenvalue weighted by molar-refractivity contribution is 0.0958. The molecule has 0 atom stereocenters. The Hall–Kier alpha value is -2.41. The highest BCUT2D eigenvalue weighted by Gasteiger charge is 2.15. The van der Waals surface area contributed by atoms with Gasteiger partial charge in [0.15, 0.2) is 5.13 Å². The van der Waals surface area contributed by atoms with Gasteiger partial charge in [-0.2, -0.15) is 5.10 Å². The van der Waals surface area contributed by atoms with E-state index in [0.717, 1.165) is 24.3 Å². The number of nitrogens with one attached hydrogen (secondary N) is 1. The van der Waals surface area contributed by atoms with Gasteiger partial charge in [-0.1, -0.05) is 38.0 Å². The second kappa shape index (κ2) is 9.78. The number of amides is 1. The first-order chi connectivity index (χ1) is 12.1. The zero-order valence-corrected chi connectivity index (χ0v) is 15.4. The average Bonchev–Trinajstić information content (AvgIpc) is 3.01. The summed E-state index contributed by atoms with van der Waals surface area (Å²) in [6, 6.07) is 7.59. The summed E-state index contributed by atoms with van der Waals surface area (Å²) in [6.07, 6.45) is 5.66. The van der Waals surface area contributed by atoms with Crippen molar-refractivity contribution in [3.05, 3.63) is 40.4 Å². The minimum atomic E-state index is -0.293. The Morgan fingerprint density at radius 1 is 1.32 bits per heavy atom. The number of ether oxygens (including phenoxy) is 1. The summed E-state index contributed by atoms with van der Waals surface area (Å²) in [7, 11) is 0. The molecule has 2 rings (SSSR count). The highest BCUT2D eigenvalue weighted by Crippen LogP contribution is 2.20. The fourth-order valence-corrected chi connectivity index (χ4v) is 3.01. The first-order valence-electron chi connectivity index (χ1n) is 8.45. The molecule has 1 heterocycles. The molecule has 1 aromatic carbocycles. The van der Waals surface area contributed by atoms with Gasteiger partial charge in [-0.3, -0.25) is 4.79 Å². The van der Waals surface area contributed by atoms with E-state index in [1.807, 2.05) is 31.2 Å². The normalized spacial score (nSPS) is 11.0. The summed E-state index contributed by atoms with van der Waals surface area (Å²) in [4.78, 5) is 16.8. The molecule has 134 valence electrons. The molecular formula is C18H24N4O2S. The van der Waals surface area contributed by atoms with Crippen LogP contribution in [0, 0.1) is 0 Å². The molecule has 0 unspecified atom stereocenters. The molecule has 1 aromatic heterocycles. The van der Waals surface area contributed by atoms with Gasteiger partial charge < -0.3 is 10.5 Å². The molecule has 2 aromatic rings. The van der Waals surface area contributed by atoms with E-state index in [1.54, 1.807) is 6.21 Å². The van der Waals surface area contributed by atoms with E-state index in [2.05, 4.69) is 22.4 Å². The number of benzene rings is 1. The van der Waals surface area contributed by atoms with E-state index >= 15 is 0 Å². The maximum Gasteiger partial charge on any atom is 0.283 e. The standard InChI is InChI=1S/C18H24N4O2S/c1-3-5-6-11-24-14-9-7-13(8-10-14)12-20-22-17(23)16-15(4-2)21-18(19)25-16/h7-10,12H,3-6,11H2,1-2H3,(H2,19,21)(H,22,23)/b20-12+. The van der Waals surface area contributed by atoms with Crippen LogP contribution in [0.4, 0.5) is 5.13 Å². The van der Waals surface area contributed by atoms with Crippen molar-refractivity contribution in [2.45, 2.75) is 39.5 Å². The Labute approximate surface area is 152 Å². The van der Waals surface area contributed by atoms with Crippen LogP contribution in [0.1, 0.15) is 54.0 Å². The van der Waals surface area contributed by atoms with Gasteiger partial charge >= 0.3 is 0 Å². The van der Waals surface area contributed by atoms with Crippen molar-refractivity contribution in [1.29, 1.82) is 0 Å². The number of nitrogens with two attached hydrogens (primary N) is 1. The summed E-state index contributed by atoms with van der Waals surface area (Å²) >= 11 is 1.17. The number of nitrogens with zero attached hydrogens (tertiary/aromatic N) is 2. The number of nitrogen functional groups attached to an aromatic ring is 1. The van der Waals surface area contributed by atoms with Crippen LogP contribution in [-0.4, -0.2) is 23.7 Å². The smallest absolute Gasteiger partial charge is 0.283 e. The molecule has 0 radical (unpaired) electrons. The fraction of sp³-hybridized carbons (Fsp3) is 0.389. The summed E-state index contributed by atoms with van der Waals surface area (Å²) in [6.45, 7) is 4.83. The quantitative estimate of drug-likeness (QED) is 0.406. The highest BCUT2D eigenvalue weighted by molar-refractivity contribution is 7.17. The molecule has 3 N–H and O–H groups in total. The third-order valence-electron chi connectivity index (χ3n) is 3.53. The zero-order chi connectivity index (χ0) is 18.1. The molecule has 1 amide bonds. The van der Waals surface area contributed by atoms with Crippen molar-refractivity contribution >= 4 is 28.6 Å². The Morgan fingerprint density at radius 3 is 2.76 bits per heavy atom. The van der Waals surface area contributed by atoms with Gasteiger partial charge in [-0.05, 0) is 42.7 Å². The molecular weight excluding hydrogens is 336 g/mol. The molecule has 0 fully saturated rings. The molecule has 0 saturated heterocycles. The van der Waals surface area contributed by atoms with Crippen molar-refractivity contribution in [2.75, 3.05) is 12.3 Å². The number of hydrogen-bond acceptors (Lipinski definition) is 6. The molecule has 0 bridgehead atoms. The number of unbranched alkanes of at least 4 members (excludes halogenated alkanes) is 2. The van der Waals surface area contributed by atoms with Gasteiger partial charge in [0.05, 0.1) is 18.5 Å². The second-order valence-electron chi connectivity index (χ2n) is 5.51. The van der Waals surface area contributed by atoms with Crippen LogP contribution in [-0.2, 0) is 6.42 Å². The van der Waals surface area contributed by atoms with Crippen LogP contribution in [0.3, 0.4) is 0 Å². The molecule has 0 aliphatic carbocycles. The number of thiazole rings is 1. The molecule has 25 heavy (non-hydrogen) atoms. The highest BCUT2D eigenvalue weighted by atomic mass is 32.1. The summed E-state index contributed by atoms with van der Waals surface area (Å²) < 4.78 is 5.66. The first kappa shape index (κ1) is 18.9. The van der Waals surface area contributed by atoms with E-state index < -0.39 is 0 Å². The third kappa shape index (κ3) is 5.86. The number of anilines is 1. The van der Waals surface area contributed by atoms with Crippen LogP contribution in [0.5, 0.6) is 5.75 Å². The second-order valence-corrected chi connectivity index (χ2v) is 6.54. The van der Waals surface area contributed by atoms with Gasteiger partial charge in [0, 0.05) is 0 Å². The Bertz CT molecular complexity index is 710. The lowest BCUT2D eigenvalue weighted by Crippen LogP contribution is -2.17. The van der Waals surface area contributed by atoms with E-state index in [0.29, 0.717) is 22.1 Å². The van der Waals surface area contributed by atoms with Crippen LogP contribution in [0.25, 0.3) is 0 Å². The Morgan fingerprint density at radius 2 is 2.08 bits per heavy atom. The predicted octanol–water partition coefficient (Wildman–Crippen LogP) is 3.62. The largest absolute Gasteiger partial charge is 0.494 e. The minimum absolute atomic E-state index is 0.293. The maximum atomic E-state index is 12.1. The zero-order valence-electron chi connectivity index (χ0n) is 14.6. The Balaban J connectivity index is 1.86. The number of carbonyl (C=O) groups is 1. The summed E-state index contributed by atoms with van der Waals surface area (Å²) in [5.41, 5.74) is 9.74. The average molecular weight is 360 g/mol. The third-order valence-corrected chi connectivity index (χ3v) is 4.46. The molecule has 6 nitrogen and oxygen atoms in total. The van der Waals surface area contributed by atoms with Crippen LogP contribution in [0.2, 0.25) is 0 Å². The molecule has 0 spiro atoms. The van der Waals surface area contributed by atoms with Crippen molar-refractivity contribution in [3.8, 4) is 5.75 Å². The topological polar surface area (TPSA) is 89.6 Å². The van der Waals surface area contributed by atoms with E-state index in [4.69, 9.17) is 10.5 Å². The fourth-order valence-electron chi connectivity index (χ4n) is 2.20.